The van der Waals surface area contributed by atoms with Crippen LogP contribution in [0.3, 0.4) is 0 Å². The maximum atomic E-state index is 12.0. The minimum Gasteiger partial charge on any atom is -0.360 e. The van der Waals surface area contributed by atoms with Crippen LogP contribution in [0, 0.1) is 11.3 Å². The van der Waals surface area contributed by atoms with Crippen LogP contribution in [0.4, 0.5) is 0 Å². The average Bonchev–Trinajstić information content (AvgIpc) is 2.97. The van der Waals surface area contributed by atoms with E-state index in [2.05, 4.69) is 16.4 Å². The summed E-state index contributed by atoms with van der Waals surface area (Å²) < 4.78 is 0. The Morgan fingerprint density at radius 3 is 2.91 bits per heavy atom. The molecular weight excluding hydrogens is 310 g/mol. The van der Waals surface area contributed by atoms with Crippen molar-refractivity contribution in [3.8, 4) is 6.07 Å². The van der Waals surface area contributed by atoms with E-state index in [0.717, 1.165) is 16.5 Å². The SMILES string of the molecule is N#Cc1c[nH]c2ccc(CCNC(=O)c3cccc(Cl)c3)cc12. The Bertz CT molecular complexity index is 908. The number of amides is 1. The number of fused-ring (bicyclic) bond motifs is 1. The molecule has 1 heterocycles. The quantitative estimate of drug-likeness (QED) is 0.769. The molecule has 0 aliphatic carbocycles. The van der Waals surface area contributed by atoms with E-state index < -0.39 is 0 Å². The summed E-state index contributed by atoms with van der Waals surface area (Å²) in [5.41, 5.74) is 3.18. The third kappa shape index (κ3) is 3.36. The predicted octanol–water partition coefficient (Wildman–Crippen LogP) is 3.67. The summed E-state index contributed by atoms with van der Waals surface area (Å²) in [7, 11) is 0. The summed E-state index contributed by atoms with van der Waals surface area (Å²) in [5.74, 6) is -0.145. The fourth-order valence-electron chi connectivity index (χ4n) is 2.47. The molecular formula is C18H14ClN3O. The van der Waals surface area contributed by atoms with E-state index >= 15 is 0 Å². The Balaban J connectivity index is 1.64. The Morgan fingerprint density at radius 1 is 1.26 bits per heavy atom. The Kier molecular flexibility index (Phi) is 4.31. The van der Waals surface area contributed by atoms with Gasteiger partial charge in [0, 0.05) is 34.2 Å². The summed E-state index contributed by atoms with van der Waals surface area (Å²) in [6, 6.07) is 14.9. The number of aromatic amines is 1. The number of nitriles is 1. The number of nitrogens with zero attached hydrogens (tertiary/aromatic N) is 1. The van der Waals surface area contributed by atoms with Gasteiger partial charge in [0.1, 0.15) is 6.07 Å². The lowest BCUT2D eigenvalue weighted by atomic mass is 10.1. The normalized spacial score (nSPS) is 10.4. The number of hydrogen-bond acceptors (Lipinski definition) is 2. The number of carbonyl (C=O) groups is 1. The lowest BCUT2D eigenvalue weighted by Gasteiger charge is -2.06. The Morgan fingerprint density at radius 2 is 2.13 bits per heavy atom. The molecule has 0 aliphatic rings. The van der Waals surface area contributed by atoms with Crippen molar-refractivity contribution < 1.29 is 4.79 Å². The Hall–Kier alpha value is -2.77. The van der Waals surface area contributed by atoms with E-state index in [0.29, 0.717) is 29.1 Å². The third-order valence-corrected chi connectivity index (χ3v) is 3.89. The smallest absolute Gasteiger partial charge is 0.251 e. The van der Waals surface area contributed by atoms with Crippen LogP contribution < -0.4 is 5.32 Å². The molecule has 4 nitrogen and oxygen atoms in total. The number of nitrogens with one attached hydrogen (secondary N) is 2. The zero-order chi connectivity index (χ0) is 16.2. The van der Waals surface area contributed by atoms with E-state index in [1.165, 1.54) is 0 Å². The molecule has 0 atom stereocenters. The molecule has 2 N–H and O–H groups in total. The van der Waals surface area contributed by atoms with Gasteiger partial charge in [0.05, 0.1) is 5.56 Å². The molecule has 1 aromatic heterocycles. The highest BCUT2D eigenvalue weighted by molar-refractivity contribution is 6.30. The van der Waals surface area contributed by atoms with Crippen LogP contribution in [0.15, 0.2) is 48.7 Å². The van der Waals surface area contributed by atoms with Gasteiger partial charge in [-0.25, -0.2) is 0 Å². The highest BCUT2D eigenvalue weighted by atomic mass is 35.5. The van der Waals surface area contributed by atoms with Crippen molar-refractivity contribution in [2.24, 2.45) is 0 Å². The fraction of sp³-hybridized carbons (Fsp3) is 0.111. The van der Waals surface area contributed by atoms with E-state index in [4.69, 9.17) is 16.9 Å². The summed E-state index contributed by atoms with van der Waals surface area (Å²) in [6.45, 7) is 0.517. The van der Waals surface area contributed by atoms with Gasteiger partial charge in [0.15, 0.2) is 0 Å². The van der Waals surface area contributed by atoms with Crippen molar-refractivity contribution >= 4 is 28.4 Å². The fourth-order valence-corrected chi connectivity index (χ4v) is 2.66. The van der Waals surface area contributed by atoms with Crippen LogP contribution in [0.5, 0.6) is 0 Å². The van der Waals surface area contributed by atoms with Crippen LogP contribution in [-0.4, -0.2) is 17.4 Å². The van der Waals surface area contributed by atoms with E-state index in [1.807, 2.05) is 18.2 Å². The van der Waals surface area contributed by atoms with Gasteiger partial charge in [-0.3, -0.25) is 4.79 Å². The number of benzene rings is 2. The molecule has 2 aromatic carbocycles. The van der Waals surface area contributed by atoms with Crippen molar-refractivity contribution in [3.63, 3.8) is 0 Å². The molecule has 23 heavy (non-hydrogen) atoms. The van der Waals surface area contributed by atoms with Crippen LogP contribution in [0.25, 0.3) is 10.9 Å². The zero-order valence-electron chi connectivity index (χ0n) is 12.3. The maximum absolute atomic E-state index is 12.0. The summed E-state index contributed by atoms with van der Waals surface area (Å²) >= 11 is 5.88. The Labute approximate surface area is 138 Å². The molecule has 0 spiro atoms. The number of rotatable bonds is 4. The number of halogens is 1. The van der Waals surface area contributed by atoms with Crippen LogP contribution >= 0.6 is 11.6 Å². The minimum absolute atomic E-state index is 0.145. The van der Waals surface area contributed by atoms with Crippen molar-refractivity contribution in [1.82, 2.24) is 10.3 Å². The van der Waals surface area contributed by atoms with E-state index in [9.17, 15) is 4.79 Å². The first kappa shape index (κ1) is 15.1. The highest BCUT2D eigenvalue weighted by Crippen LogP contribution is 2.19. The zero-order valence-corrected chi connectivity index (χ0v) is 13.0. The predicted molar refractivity (Wildman–Crippen MR) is 90.5 cm³/mol. The molecule has 5 heteroatoms. The maximum Gasteiger partial charge on any atom is 0.251 e. The van der Waals surface area contributed by atoms with Crippen molar-refractivity contribution in [2.75, 3.05) is 6.54 Å². The summed E-state index contributed by atoms with van der Waals surface area (Å²) in [4.78, 5) is 15.1. The molecule has 0 unspecified atom stereocenters. The monoisotopic (exact) mass is 323 g/mol. The molecule has 0 radical (unpaired) electrons. The molecule has 114 valence electrons. The van der Waals surface area contributed by atoms with Gasteiger partial charge >= 0.3 is 0 Å². The van der Waals surface area contributed by atoms with Crippen molar-refractivity contribution in [1.29, 1.82) is 5.26 Å². The molecule has 0 saturated carbocycles. The molecule has 0 aliphatic heterocycles. The lowest BCUT2D eigenvalue weighted by molar-refractivity contribution is 0.0954. The first-order valence-corrected chi connectivity index (χ1v) is 7.59. The number of H-pyrrole nitrogens is 1. The van der Waals surface area contributed by atoms with Gasteiger partial charge in [-0.2, -0.15) is 5.26 Å². The number of carbonyl (C=O) groups excluding carboxylic acids is 1. The van der Waals surface area contributed by atoms with Gasteiger partial charge in [-0.05, 0) is 42.3 Å². The minimum atomic E-state index is -0.145. The highest BCUT2D eigenvalue weighted by Gasteiger charge is 2.07. The molecule has 0 bridgehead atoms. The average molecular weight is 324 g/mol. The van der Waals surface area contributed by atoms with E-state index in [1.54, 1.807) is 30.5 Å². The molecule has 0 fully saturated rings. The van der Waals surface area contributed by atoms with Gasteiger partial charge < -0.3 is 10.3 Å². The van der Waals surface area contributed by atoms with Crippen molar-refractivity contribution in [3.05, 3.63) is 70.4 Å². The third-order valence-electron chi connectivity index (χ3n) is 3.65. The van der Waals surface area contributed by atoms with Gasteiger partial charge in [0.25, 0.3) is 5.91 Å². The van der Waals surface area contributed by atoms with Crippen LogP contribution in [-0.2, 0) is 6.42 Å². The summed E-state index contributed by atoms with van der Waals surface area (Å²) in [6.07, 6.45) is 2.40. The second-order valence-corrected chi connectivity index (χ2v) is 5.65. The largest absolute Gasteiger partial charge is 0.360 e. The van der Waals surface area contributed by atoms with Gasteiger partial charge in [-0.15, -0.1) is 0 Å². The number of hydrogen-bond donors (Lipinski definition) is 2. The van der Waals surface area contributed by atoms with Crippen LogP contribution in [0.1, 0.15) is 21.5 Å². The van der Waals surface area contributed by atoms with Crippen LogP contribution in [0.2, 0.25) is 5.02 Å². The molecule has 3 rings (SSSR count). The molecule has 0 saturated heterocycles. The van der Waals surface area contributed by atoms with E-state index in [-0.39, 0.29) is 5.91 Å². The molecule has 3 aromatic rings. The summed E-state index contributed by atoms with van der Waals surface area (Å²) in [5, 5.41) is 13.4. The van der Waals surface area contributed by atoms with Crippen molar-refractivity contribution in [2.45, 2.75) is 6.42 Å². The standard InChI is InChI=1S/C18H14ClN3O/c19-15-3-1-2-13(9-15)18(23)21-7-6-12-4-5-17-16(8-12)14(10-20)11-22-17/h1-5,8-9,11,22H,6-7H2,(H,21,23). The number of aromatic nitrogens is 1. The second kappa shape index (κ2) is 6.55. The second-order valence-electron chi connectivity index (χ2n) is 5.21. The van der Waals surface area contributed by atoms with Gasteiger partial charge in [0.2, 0.25) is 0 Å². The lowest BCUT2D eigenvalue weighted by Crippen LogP contribution is -2.25. The van der Waals surface area contributed by atoms with Gasteiger partial charge in [-0.1, -0.05) is 23.7 Å². The first-order chi connectivity index (χ1) is 11.2. The molecule has 1 amide bonds. The first-order valence-electron chi connectivity index (χ1n) is 7.21. The topological polar surface area (TPSA) is 68.7 Å².